The SMILES string of the molecule is c1ccc(-c2ccc(-c3nc(-c4ccccc4)nc(-c4ccc5c(c4)oc4c(-c6nc(-c7ccccc7)c7oc8ccccc8c7n6)cccc45)n3)cc2)cc1. The van der Waals surface area contributed by atoms with Gasteiger partial charge in [-0.15, -0.1) is 0 Å². The van der Waals surface area contributed by atoms with E-state index in [1.54, 1.807) is 0 Å². The van der Waals surface area contributed by atoms with Crippen molar-refractivity contribution >= 4 is 44.0 Å². The van der Waals surface area contributed by atoms with Crippen LogP contribution in [0.1, 0.15) is 0 Å². The highest BCUT2D eigenvalue weighted by Gasteiger charge is 2.21. The number of hydrogen-bond donors (Lipinski definition) is 0. The van der Waals surface area contributed by atoms with Crippen molar-refractivity contribution in [2.45, 2.75) is 0 Å². The smallest absolute Gasteiger partial charge is 0.180 e. The summed E-state index contributed by atoms with van der Waals surface area (Å²) < 4.78 is 13.1. The number of hydrogen-bond acceptors (Lipinski definition) is 7. The summed E-state index contributed by atoms with van der Waals surface area (Å²) >= 11 is 0. The van der Waals surface area contributed by atoms with Crippen LogP contribution in [0.15, 0.2) is 185 Å². The van der Waals surface area contributed by atoms with Crippen LogP contribution < -0.4 is 0 Å². The standard InChI is InChI=1S/C49H29N5O2/c1-4-13-30(14-5-1)31-23-25-34(26-24-31)47-52-46(33-17-8-3-9-18-33)53-48(54-47)35-27-28-36-37-20-12-21-39(44(37)56-41(36)29-35)49-50-42(32-15-6-2-7-16-32)45-43(51-49)38-19-10-11-22-40(38)55-45/h1-29H. The van der Waals surface area contributed by atoms with Gasteiger partial charge in [-0.2, -0.15) is 0 Å². The lowest BCUT2D eigenvalue weighted by Gasteiger charge is -2.09. The molecule has 0 saturated heterocycles. The average molecular weight is 720 g/mol. The Balaban J connectivity index is 1.05. The lowest BCUT2D eigenvalue weighted by atomic mass is 10.0. The number of para-hydroxylation sites is 2. The van der Waals surface area contributed by atoms with E-state index in [4.69, 9.17) is 33.8 Å². The summed E-state index contributed by atoms with van der Waals surface area (Å²) in [6, 6.07) is 58.9. The molecule has 0 saturated carbocycles. The Kier molecular flexibility index (Phi) is 7.35. The molecule has 0 amide bonds. The summed E-state index contributed by atoms with van der Waals surface area (Å²) in [5, 5.41) is 2.87. The Labute approximate surface area is 320 Å². The Morgan fingerprint density at radius 3 is 1.57 bits per heavy atom. The third-order valence-electron chi connectivity index (χ3n) is 10.2. The fourth-order valence-corrected chi connectivity index (χ4v) is 7.41. The van der Waals surface area contributed by atoms with Crippen molar-refractivity contribution in [1.29, 1.82) is 0 Å². The van der Waals surface area contributed by atoms with Crippen molar-refractivity contribution in [2.75, 3.05) is 0 Å². The molecule has 0 aliphatic carbocycles. The molecule has 4 aromatic heterocycles. The minimum absolute atomic E-state index is 0.552. The fraction of sp³-hybridized carbons (Fsp3) is 0. The summed E-state index contributed by atoms with van der Waals surface area (Å²) in [6.45, 7) is 0. The zero-order valence-corrected chi connectivity index (χ0v) is 29.8. The molecular formula is C49H29N5O2. The Bertz CT molecular complexity index is 3230. The molecule has 0 atom stereocenters. The highest BCUT2D eigenvalue weighted by molar-refractivity contribution is 6.11. The van der Waals surface area contributed by atoms with E-state index in [1.807, 2.05) is 127 Å². The summed E-state index contributed by atoms with van der Waals surface area (Å²) in [7, 11) is 0. The molecule has 11 rings (SSSR count). The molecule has 7 heteroatoms. The van der Waals surface area contributed by atoms with E-state index in [9.17, 15) is 0 Å². The van der Waals surface area contributed by atoms with Crippen molar-refractivity contribution in [1.82, 2.24) is 24.9 Å². The second-order valence-corrected chi connectivity index (χ2v) is 13.6. The topological polar surface area (TPSA) is 90.7 Å². The molecule has 0 N–H and O–H groups in total. The third-order valence-corrected chi connectivity index (χ3v) is 10.2. The van der Waals surface area contributed by atoms with Crippen LogP contribution in [-0.2, 0) is 0 Å². The predicted molar refractivity (Wildman–Crippen MR) is 223 cm³/mol. The molecule has 0 unspecified atom stereocenters. The molecular weight excluding hydrogens is 691 g/mol. The predicted octanol–water partition coefficient (Wildman–Crippen LogP) is 12.5. The van der Waals surface area contributed by atoms with E-state index in [-0.39, 0.29) is 0 Å². The number of benzene rings is 7. The molecule has 0 spiro atoms. The Morgan fingerprint density at radius 1 is 0.304 bits per heavy atom. The van der Waals surface area contributed by atoms with E-state index in [0.29, 0.717) is 40.0 Å². The van der Waals surface area contributed by atoms with E-state index in [2.05, 4.69) is 48.5 Å². The van der Waals surface area contributed by atoms with Crippen LogP contribution in [0, 0.1) is 0 Å². The van der Waals surface area contributed by atoms with Crippen molar-refractivity contribution in [3.8, 4) is 67.9 Å². The zero-order chi connectivity index (χ0) is 37.0. The van der Waals surface area contributed by atoms with Gasteiger partial charge in [0.05, 0.1) is 5.56 Å². The molecule has 0 bridgehead atoms. The summed E-state index contributed by atoms with van der Waals surface area (Å²) in [4.78, 5) is 25.2. The first-order valence-corrected chi connectivity index (χ1v) is 18.4. The van der Waals surface area contributed by atoms with Gasteiger partial charge >= 0.3 is 0 Å². The molecule has 0 aliphatic rings. The Morgan fingerprint density at radius 2 is 0.839 bits per heavy atom. The zero-order valence-electron chi connectivity index (χ0n) is 29.8. The minimum atomic E-state index is 0.552. The molecule has 56 heavy (non-hydrogen) atoms. The lowest BCUT2D eigenvalue weighted by Crippen LogP contribution is -2.00. The average Bonchev–Trinajstić information content (AvgIpc) is 3.85. The normalized spacial score (nSPS) is 11.6. The van der Waals surface area contributed by atoms with Crippen LogP contribution in [-0.4, -0.2) is 24.9 Å². The summed E-state index contributed by atoms with van der Waals surface area (Å²) in [5.41, 5.74) is 10.9. The number of nitrogens with zero attached hydrogens (tertiary/aromatic N) is 5. The first-order chi connectivity index (χ1) is 27.7. The van der Waals surface area contributed by atoms with Gasteiger partial charge in [0.1, 0.15) is 28.0 Å². The quantitative estimate of drug-likeness (QED) is 0.169. The molecule has 262 valence electrons. The molecule has 7 nitrogen and oxygen atoms in total. The van der Waals surface area contributed by atoms with Gasteiger partial charge in [0.15, 0.2) is 28.9 Å². The van der Waals surface area contributed by atoms with Crippen LogP contribution in [0.5, 0.6) is 0 Å². The molecule has 0 radical (unpaired) electrons. The van der Waals surface area contributed by atoms with Crippen LogP contribution >= 0.6 is 0 Å². The minimum Gasteiger partial charge on any atom is -0.455 e. The monoisotopic (exact) mass is 719 g/mol. The second-order valence-electron chi connectivity index (χ2n) is 13.6. The van der Waals surface area contributed by atoms with Crippen molar-refractivity contribution < 1.29 is 8.83 Å². The maximum atomic E-state index is 6.74. The fourth-order valence-electron chi connectivity index (χ4n) is 7.41. The second kappa shape index (κ2) is 13.0. The summed E-state index contributed by atoms with van der Waals surface area (Å²) in [6.07, 6.45) is 0. The first-order valence-electron chi connectivity index (χ1n) is 18.4. The van der Waals surface area contributed by atoms with Gasteiger partial charge in [0.2, 0.25) is 0 Å². The number of furan rings is 2. The maximum Gasteiger partial charge on any atom is 0.180 e. The molecule has 4 heterocycles. The number of fused-ring (bicyclic) bond motifs is 6. The van der Waals surface area contributed by atoms with Crippen molar-refractivity contribution in [3.05, 3.63) is 176 Å². The molecule has 0 aliphatic heterocycles. The van der Waals surface area contributed by atoms with Crippen LogP contribution in [0.25, 0.3) is 112 Å². The van der Waals surface area contributed by atoms with Gasteiger partial charge < -0.3 is 8.83 Å². The molecule has 11 aromatic rings. The van der Waals surface area contributed by atoms with Crippen LogP contribution in [0.2, 0.25) is 0 Å². The largest absolute Gasteiger partial charge is 0.455 e. The van der Waals surface area contributed by atoms with E-state index in [1.165, 1.54) is 0 Å². The van der Waals surface area contributed by atoms with Crippen LogP contribution in [0.4, 0.5) is 0 Å². The number of rotatable bonds is 6. The van der Waals surface area contributed by atoms with E-state index < -0.39 is 0 Å². The Hall–Kier alpha value is -7.77. The van der Waals surface area contributed by atoms with Gasteiger partial charge in [-0.1, -0.05) is 146 Å². The lowest BCUT2D eigenvalue weighted by molar-refractivity contribution is 0.666. The molecule has 7 aromatic carbocycles. The number of aromatic nitrogens is 5. The van der Waals surface area contributed by atoms with Gasteiger partial charge in [0, 0.05) is 38.4 Å². The van der Waals surface area contributed by atoms with Gasteiger partial charge in [-0.25, -0.2) is 24.9 Å². The van der Waals surface area contributed by atoms with Gasteiger partial charge in [-0.05, 0) is 41.5 Å². The molecule has 0 fully saturated rings. The summed E-state index contributed by atoms with van der Waals surface area (Å²) in [5.74, 6) is 2.30. The van der Waals surface area contributed by atoms with Gasteiger partial charge in [0.25, 0.3) is 0 Å². The highest BCUT2D eigenvalue weighted by atomic mass is 16.3. The first kappa shape index (κ1) is 31.7. The van der Waals surface area contributed by atoms with E-state index >= 15 is 0 Å². The van der Waals surface area contributed by atoms with Crippen LogP contribution in [0.3, 0.4) is 0 Å². The van der Waals surface area contributed by atoms with Crippen molar-refractivity contribution in [3.63, 3.8) is 0 Å². The van der Waals surface area contributed by atoms with Crippen molar-refractivity contribution in [2.24, 2.45) is 0 Å². The third kappa shape index (κ3) is 5.41. The van der Waals surface area contributed by atoms with Gasteiger partial charge in [-0.3, -0.25) is 0 Å². The highest BCUT2D eigenvalue weighted by Crippen LogP contribution is 2.40. The maximum absolute atomic E-state index is 6.74. The van der Waals surface area contributed by atoms with E-state index in [0.717, 1.165) is 71.9 Å².